The topological polar surface area (TPSA) is 37.3 Å². The summed E-state index contributed by atoms with van der Waals surface area (Å²) in [6, 6.07) is 11.9. The lowest BCUT2D eigenvalue weighted by Crippen LogP contribution is -2.34. The van der Waals surface area contributed by atoms with Gasteiger partial charge >= 0.3 is 0 Å². The minimum Gasteiger partial charge on any atom is -0.350 e. The number of nitrogens with zero attached hydrogens (tertiary/aromatic N) is 2. The molecule has 6 heteroatoms. The Morgan fingerprint density at radius 2 is 2.00 bits per heavy atom. The minimum atomic E-state index is -0.464. The Balaban J connectivity index is 1.84. The second-order valence-corrected chi connectivity index (χ2v) is 6.93. The van der Waals surface area contributed by atoms with Crippen LogP contribution >= 0.6 is 11.6 Å². The molecular formula is C20H21ClFN3O. The standard InChI is InChI=1S/C20H21ClFN3O/c1-24(2)19(16-12-25(3)18-7-5-4-6-14(16)18)11-23-20(26)15-9-8-13(22)10-17(15)21/h4-10,12,19H,11H2,1-3H3,(H,23,26). The fraction of sp³-hybridized carbons (Fsp3) is 0.250. The summed E-state index contributed by atoms with van der Waals surface area (Å²) < 4.78 is 15.3. The molecule has 26 heavy (non-hydrogen) atoms. The molecule has 1 aromatic heterocycles. The Hall–Kier alpha value is -2.37. The number of nitrogens with one attached hydrogen (secondary N) is 1. The highest BCUT2D eigenvalue weighted by atomic mass is 35.5. The molecule has 136 valence electrons. The molecule has 0 spiro atoms. The average Bonchev–Trinajstić information content (AvgIpc) is 2.92. The number of hydrogen-bond donors (Lipinski definition) is 1. The molecule has 1 atom stereocenters. The van der Waals surface area contributed by atoms with Crippen molar-refractivity contribution in [2.24, 2.45) is 7.05 Å². The first kappa shape index (κ1) is 18.4. The first-order chi connectivity index (χ1) is 12.4. The van der Waals surface area contributed by atoms with Crippen LogP contribution in [-0.4, -0.2) is 36.0 Å². The van der Waals surface area contributed by atoms with Crippen molar-refractivity contribution in [3.05, 3.63) is 70.6 Å². The van der Waals surface area contributed by atoms with Crippen LogP contribution in [0, 0.1) is 5.82 Å². The molecule has 0 fully saturated rings. The Morgan fingerprint density at radius 3 is 2.69 bits per heavy atom. The predicted molar refractivity (Wildman–Crippen MR) is 103 cm³/mol. The number of benzene rings is 2. The van der Waals surface area contributed by atoms with Crippen LogP contribution in [0.3, 0.4) is 0 Å². The van der Waals surface area contributed by atoms with Gasteiger partial charge in [-0.05, 0) is 43.9 Å². The number of aromatic nitrogens is 1. The van der Waals surface area contributed by atoms with E-state index in [0.29, 0.717) is 6.54 Å². The van der Waals surface area contributed by atoms with Crippen molar-refractivity contribution in [2.45, 2.75) is 6.04 Å². The summed E-state index contributed by atoms with van der Waals surface area (Å²) in [4.78, 5) is 14.5. The van der Waals surface area contributed by atoms with Crippen molar-refractivity contribution >= 4 is 28.4 Å². The van der Waals surface area contributed by atoms with E-state index < -0.39 is 5.82 Å². The Labute approximate surface area is 157 Å². The summed E-state index contributed by atoms with van der Waals surface area (Å²) in [6.45, 7) is 0.410. The van der Waals surface area contributed by atoms with E-state index in [-0.39, 0.29) is 22.5 Å². The van der Waals surface area contributed by atoms with Crippen molar-refractivity contribution in [2.75, 3.05) is 20.6 Å². The van der Waals surface area contributed by atoms with Gasteiger partial charge in [0, 0.05) is 30.7 Å². The van der Waals surface area contributed by atoms with Gasteiger partial charge in [-0.15, -0.1) is 0 Å². The predicted octanol–water partition coefficient (Wildman–Crippen LogP) is 4.00. The van der Waals surface area contributed by atoms with E-state index in [1.807, 2.05) is 33.3 Å². The van der Waals surface area contributed by atoms with Gasteiger partial charge in [-0.25, -0.2) is 4.39 Å². The summed E-state index contributed by atoms with van der Waals surface area (Å²) in [6.07, 6.45) is 2.09. The van der Waals surface area contributed by atoms with Gasteiger partial charge in [0.1, 0.15) is 5.82 Å². The first-order valence-electron chi connectivity index (χ1n) is 8.32. The lowest BCUT2D eigenvalue weighted by atomic mass is 10.0. The number of rotatable bonds is 5. The molecule has 0 bridgehead atoms. The number of hydrogen-bond acceptors (Lipinski definition) is 2. The third-order valence-electron chi connectivity index (χ3n) is 4.54. The maximum Gasteiger partial charge on any atom is 0.252 e. The number of halogens is 2. The quantitative estimate of drug-likeness (QED) is 0.733. The largest absolute Gasteiger partial charge is 0.350 e. The van der Waals surface area contributed by atoms with Crippen LogP contribution < -0.4 is 5.32 Å². The van der Waals surface area contributed by atoms with Crippen LogP contribution in [0.25, 0.3) is 10.9 Å². The van der Waals surface area contributed by atoms with E-state index in [2.05, 4.69) is 33.1 Å². The van der Waals surface area contributed by atoms with E-state index in [0.717, 1.165) is 22.5 Å². The zero-order valence-corrected chi connectivity index (χ0v) is 15.7. The molecule has 4 nitrogen and oxygen atoms in total. The van der Waals surface area contributed by atoms with Crippen LogP contribution in [-0.2, 0) is 7.05 Å². The number of carbonyl (C=O) groups excluding carboxylic acids is 1. The molecule has 1 amide bonds. The van der Waals surface area contributed by atoms with Crippen LogP contribution in [0.4, 0.5) is 4.39 Å². The normalized spacial score (nSPS) is 12.5. The van der Waals surface area contributed by atoms with Gasteiger partial charge in [-0.3, -0.25) is 4.79 Å². The number of para-hydroxylation sites is 1. The monoisotopic (exact) mass is 373 g/mol. The van der Waals surface area contributed by atoms with Gasteiger partial charge in [-0.1, -0.05) is 29.8 Å². The highest BCUT2D eigenvalue weighted by Crippen LogP contribution is 2.28. The number of aryl methyl sites for hydroxylation is 1. The summed E-state index contributed by atoms with van der Waals surface area (Å²) in [5, 5.41) is 4.18. The van der Waals surface area contributed by atoms with E-state index in [4.69, 9.17) is 11.6 Å². The number of likely N-dealkylation sites (N-methyl/N-ethyl adjacent to an activating group) is 1. The molecule has 1 unspecified atom stereocenters. The SMILES string of the molecule is CN(C)C(CNC(=O)c1ccc(F)cc1Cl)c1cn(C)c2ccccc12. The maximum absolute atomic E-state index is 13.2. The van der Waals surface area contributed by atoms with Crippen molar-refractivity contribution in [3.8, 4) is 0 Å². The third kappa shape index (κ3) is 3.59. The van der Waals surface area contributed by atoms with Crippen LogP contribution in [0.5, 0.6) is 0 Å². The molecule has 0 aliphatic heterocycles. The molecule has 0 aliphatic carbocycles. The fourth-order valence-electron chi connectivity index (χ4n) is 3.17. The third-order valence-corrected chi connectivity index (χ3v) is 4.85. The van der Waals surface area contributed by atoms with E-state index in [9.17, 15) is 9.18 Å². The Bertz CT molecular complexity index is 951. The van der Waals surface area contributed by atoms with Crippen molar-refractivity contribution in [3.63, 3.8) is 0 Å². The average molecular weight is 374 g/mol. The zero-order valence-electron chi connectivity index (χ0n) is 15.0. The second kappa shape index (κ2) is 7.48. The molecule has 3 aromatic rings. The summed E-state index contributed by atoms with van der Waals surface area (Å²) in [7, 11) is 5.96. The Kier molecular flexibility index (Phi) is 5.30. The molecule has 0 radical (unpaired) electrons. The first-order valence-corrected chi connectivity index (χ1v) is 8.70. The van der Waals surface area contributed by atoms with Crippen LogP contribution in [0.2, 0.25) is 5.02 Å². The van der Waals surface area contributed by atoms with E-state index >= 15 is 0 Å². The highest BCUT2D eigenvalue weighted by Gasteiger charge is 2.21. The van der Waals surface area contributed by atoms with Crippen molar-refractivity contribution in [1.29, 1.82) is 0 Å². The van der Waals surface area contributed by atoms with E-state index in [1.165, 1.54) is 12.1 Å². The number of amides is 1. The van der Waals surface area contributed by atoms with Gasteiger partial charge in [0.2, 0.25) is 0 Å². The molecule has 0 saturated carbocycles. The molecule has 1 heterocycles. The smallest absolute Gasteiger partial charge is 0.252 e. The lowest BCUT2D eigenvalue weighted by Gasteiger charge is -2.24. The number of fused-ring (bicyclic) bond motifs is 1. The fourth-order valence-corrected chi connectivity index (χ4v) is 3.42. The van der Waals surface area contributed by atoms with Crippen LogP contribution in [0.1, 0.15) is 22.0 Å². The highest BCUT2D eigenvalue weighted by molar-refractivity contribution is 6.33. The molecule has 2 aromatic carbocycles. The van der Waals surface area contributed by atoms with Crippen molar-refractivity contribution < 1.29 is 9.18 Å². The summed E-state index contributed by atoms with van der Waals surface area (Å²) in [5.74, 6) is -0.782. The van der Waals surface area contributed by atoms with Crippen molar-refractivity contribution in [1.82, 2.24) is 14.8 Å². The van der Waals surface area contributed by atoms with Gasteiger partial charge in [0.15, 0.2) is 0 Å². The zero-order chi connectivity index (χ0) is 18.8. The summed E-state index contributed by atoms with van der Waals surface area (Å²) >= 11 is 5.99. The molecule has 0 saturated heterocycles. The molecule has 3 rings (SSSR count). The van der Waals surface area contributed by atoms with Crippen LogP contribution in [0.15, 0.2) is 48.7 Å². The lowest BCUT2D eigenvalue weighted by molar-refractivity contribution is 0.0942. The minimum absolute atomic E-state index is 0.00993. The second-order valence-electron chi connectivity index (χ2n) is 6.53. The van der Waals surface area contributed by atoms with E-state index in [1.54, 1.807) is 0 Å². The maximum atomic E-state index is 13.2. The van der Waals surface area contributed by atoms with Gasteiger partial charge in [0.25, 0.3) is 5.91 Å². The Morgan fingerprint density at radius 1 is 1.27 bits per heavy atom. The van der Waals surface area contributed by atoms with Gasteiger partial charge in [0.05, 0.1) is 16.6 Å². The molecule has 0 aliphatic rings. The van der Waals surface area contributed by atoms with Gasteiger partial charge < -0.3 is 14.8 Å². The number of carbonyl (C=O) groups is 1. The summed E-state index contributed by atoms with van der Waals surface area (Å²) in [5.41, 5.74) is 2.55. The molecule has 1 N–H and O–H groups in total. The molecular weight excluding hydrogens is 353 g/mol. The van der Waals surface area contributed by atoms with Gasteiger partial charge in [-0.2, -0.15) is 0 Å².